The van der Waals surface area contributed by atoms with Crippen LogP contribution in [0.3, 0.4) is 0 Å². The molecule has 2 heterocycles. The summed E-state index contributed by atoms with van der Waals surface area (Å²) in [7, 11) is 1.46. The zero-order chi connectivity index (χ0) is 13.1. The number of nitrogens with zero attached hydrogens (tertiary/aromatic N) is 1. The summed E-state index contributed by atoms with van der Waals surface area (Å²) in [5.41, 5.74) is 0. The van der Waals surface area contributed by atoms with Gasteiger partial charge in [0.15, 0.2) is 0 Å². The Balaban J connectivity index is 1.90. The van der Waals surface area contributed by atoms with Gasteiger partial charge in [-0.25, -0.2) is 0 Å². The maximum atomic E-state index is 12.0. The van der Waals surface area contributed by atoms with Crippen molar-refractivity contribution in [1.82, 2.24) is 15.5 Å². The van der Waals surface area contributed by atoms with Crippen molar-refractivity contribution < 1.29 is 14.4 Å². The van der Waals surface area contributed by atoms with Gasteiger partial charge >= 0.3 is 0 Å². The van der Waals surface area contributed by atoms with Crippen molar-refractivity contribution >= 4 is 17.7 Å². The monoisotopic (exact) mass is 253 g/mol. The number of amides is 3. The highest BCUT2D eigenvalue weighted by atomic mass is 16.2. The van der Waals surface area contributed by atoms with Crippen LogP contribution < -0.4 is 10.6 Å². The van der Waals surface area contributed by atoms with Crippen molar-refractivity contribution in [2.24, 2.45) is 0 Å². The summed E-state index contributed by atoms with van der Waals surface area (Å²) in [6, 6.07) is -0.751. The molecule has 0 aromatic rings. The number of carbonyl (C=O) groups is 3. The summed E-state index contributed by atoms with van der Waals surface area (Å²) in [4.78, 5) is 36.2. The number of nitrogens with one attached hydrogen (secondary N) is 2. The first-order valence-corrected chi connectivity index (χ1v) is 6.44. The number of rotatable bonds is 2. The predicted molar refractivity (Wildman–Crippen MR) is 64.6 cm³/mol. The third kappa shape index (κ3) is 2.69. The second-order valence-corrected chi connectivity index (χ2v) is 4.89. The molecule has 2 N–H and O–H groups in total. The summed E-state index contributed by atoms with van der Waals surface area (Å²) < 4.78 is 0. The number of likely N-dealkylation sites (tertiary alicyclic amines) is 1. The highest BCUT2D eigenvalue weighted by Gasteiger charge is 2.34. The molecule has 0 aromatic heterocycles. The van der Waals surface area contributed by atoms with E-state index in [1.807, 2.05) is 0 Å². The molecule has 6 nitrogen and oxygen atoms in total. The normalized spacial score (nSPS) is 29.3. The van der Waals surface area contributed by atoms with Gasteiger partial charge in [-0.3, -0.25) is 19.3 Å². The maximum absolute atomic E-state index is 12.0. The van der Waals surface area contributed by atoms with Gasteiger partial charge in [0.05, 0.1) is 6.04 Å². The van der Waals surface area contributed by atoms with Crippen LogP contribution in [0.1, 0.15) is 32.1 Å². The third-order valence-electron chi connectivity index (χ3n) is 3.59. The molecule has 6 heteroatoms. The van der Waals surface area contributed by atoms with E-state index in [0.29, 0.717) is 12.8 Å². The summed E-state index contributed by atoms with van der Waals surface area (Å²) in [6.45, 7) is 0.842. The highest BCUT2D eigenvalue weighted by molar-refractivity contribution is 6.01. The molecular formula is C12H19N3O3. The van der Waals surface area contributed by atoms with Crippen molar-refractivity contribution in [3.63, 3.8) is 0 Å². The van der Waals surface area contributed by atoms with Gasteiger partial charge in [-0.15, -0.1) is 0 Å². The minimum atomic E-state index is -0.552. The van der Waals surface area contributed by atoms with Crippen LogP contribution in [0.5, 0.6) is 0 Å². The molecular weight excluding hydrogens is 234 g/mol. The molecule has 2 aliphatic rings. The number of hydrogen-bond donors (Lipinski definition) is 2. The fourth-order valence-electron chi connectivity index (χ4n) is 2.40. The first-order chi connectivity index (χ1) is 8.59. The van der Waals surface area contributed by atoms with Crippen molar-refractivity contribution in [3.05, 3.63) is 0 Å². The molecule has 2 rings (SSSR count). The fourth-order valence-corrected chi connectivity index (χ4v) is 2.40. The summed E-state index contributed by atoms with van der Waals surface area (Å²) in [5, 5.41) is 5.88. The third-order valence-corrected chi connectivity index (χ3v) is 3.59. The Bertz CT molecular complexity index is 364. The Morgan fingerprint density at radius 3 is 2.78 bits per heavy atom. The van der Waals surface area contributed by atoms with Gasteiger partial charge in [-0.2, -0.15) is 0 Å². The molecule has 0 radical (unpaired) electrons. The van der Waals surface area contributed by atoms with E-state index in [-0.39, 0.29) is 23.8 Å². The molecule has 18 heavy (non-hydrogen) atoms. The van der Waals surface area contributed by atoms with Crippen LogP contribution in [0.2, 0.25) is 0 Å². The lowest BCUT2D eigenvalue weighted by atomic mass is 10.0. The van der Waals surface area contributed by atoms with E-state index in [4.69, 9.17) is 0 Å². The average molecular weight is 253 g/mol. The smallest absolute Gasteiger partial charge is 0.251 e. The van der Waals surface area contributed by atoms with Crippen molar-refractivity contribution in [2.75, 3.05) is 13.6 Å². The Morgan fingerprint density at radius 2 is 2.11 bits per heavy atom. The van der Waals surface area contributed by atoms with Gasteiger partial charge in [0, 0.05) is 13.5 Å². The number of imide groups is 1. The van der Waals surface area contributed by atoms with E-state index in [2.05, 4.69) is 10.6 Å². The lowest BCUT2D eigenvalue weighted by Crippen LogP contribution is -2.56. The zero-order valence-corrected chi connectivity index (χ0v) is 10.6. The molecule has 1 unspecified atom stereocenters. The quantitative estimate of drug-likeness (QED) is 0.644. The van der Waals surface area contributed by atoms with Crippen molar-refractivity contribution in [3.8, 4) is 0 Å². The predicted octanol–water partition coefficient (Wildman–Crippen LogP) is -0.608. The van der Waals surface area contributed by atoms with Crippen LogP contribution in [0.4, 0.5) is 0 Å². The minimum Gasteiger partial charge on any atom is -0.343 e. The molecule has 0 aromatic carbocycles. The first-order valence-electron chi connectivity index (χ1n) is 6.44. The minimum absolute atomic E-state index is 0.129. The molecule has 3 amide bonds. The van der Waals surface area contributed by atoms with Crippen LogP contribution in [-0.2, 0) is 14.4 Å². The Morgan fingerprint density at radius 1 is 1.33 bits per heavy atom. The van der Waals surface area contributed by atoms with Gasteiger partial charge < -0.3 is 10.6 Å². The summed E-state index contributed by atoms with van der Waals surface area (Å²) >= 11 is 0. The van der Waals surface area contributed by atoms with Crippen LogP contribution >= 0.6 is 0 Å². The Kier molecular flexibility index (Phi) is 3.96. The largest absolute Gasteiger partial charge is 0.343 e. The molecule has 0 bridgehead atoms. The summed E-state index contributed by atoms with van der Waals surface area (Å²) in [5.74, 6) is -0.618. The highest BCUT2D eigenvalue weighted by Crippen LogP contribution is 2.13. The average Bonchev–Trinajstić information content (AvgIpc) is 2.40. The molecule has 2 aliphatic heterocycles. The molecule has 2 atom stereocenters. The lowest BCUT2D eigenvalue weighted by Gasteiger charge is -2.30. The Hall–Kier alpha value is -1.43. The number of hydrogen-bond acceptors (Lipinski definition) is 4. The van der Waals surface area contributed by atoms with E-state index in [9.17, 15) is 14.4 Å². The lowest BCUT2D eigenvalue weighted by molar-refractivity contribution is -0.149. The van der Waals surface area contributed by atoms with E-state index in [0.717, 1.165) is 30.7 Å². The maximum Gasteiger partial charge on any atom is 0.251 e. The second-order valence-electron chi connectivity index (χ2n) is 4.89. The van der Waals surface area contributed by atoms with Gasteiger partial charge in [-0.1, -0.05) is 6.42 Å². The molecule has 0 aliphatic carbocycles. The SMILES string of the molecule is CN1C(=O)CCC(NC(=O)[C@@H]2CCCCN2)C1=O. The van der Waals surface area contributed by atoms with Crippen molar-refractivity contribution in [2.45, 2.75) is 44.2 Å². The standard InChI is InChI=1S/C12H19N3O3/c1-15-10(16)6-5-9(12(15)18)14-11(17)8-4-2-3-7-13-8/h8-9,13H,2-7H2,1H3,(H,14,17)/t8-,9?/m0/s1. The van der Waals surface area contributed by atoms with E-state index < -0.39 is 6.04 Å². The molecule has 0 saturated carbocycles. The van der Waals surface area contributed by atoms with Crippen LogP contribution in [0.15, 0.2) is 0 Å². The van der Waals surface area contributed by atoms with Gasteiger partial charge in [0.2, 0.25) is 11.8 Å². The van der Waals surface area contributed by atoms with Crippen molar-refractivity contribution in [1.29, 1.82) is 0 Å². The number of piperidine rings is 2. The van der Waals surface area contributed by atoms with Crippen LogP contribution in [-0.4, -0.2) is 48.3 Å². The summed E-state index contributed by atoms with van der Waals surface area (Å²) in [6.07, 6.45) is 3.64. The van der Waals surface area contributed by atoms with E-state index in [1.54, 1.807) is 0 Å². The van der Waals surface area contributed by atoms with E-state index in [1.165, 1.54) is 7.05 Å². The Labute approximate surface area is 106 Å². The van der Waals surface area contributed by atoms with Crippen LogP contribution in [0.25, 0.3) is 0 Å². The van der Waals surface area contributed by atoms with Crippen LogP contribution in [0, 0.1) is 0 Å². The fraction of sp³-hybridized carbons (Fsp3) is 0.750. The zero-order valence-electron chi connectivity index (χ0n) is 10.6. The topological polar surface area (TPSA) is 78.5 Å². The molecule has 0 spiro atoms. The van der Waals surface area contributed by atoms with Gasteiger partial charge in [-0.05, 0) is 25.8 Å². The molecule has 100 valence electrons. The van der Waals surface area contributed by atoms with Gasteiger partial charge in [0.1, 0.15) is 6.04 Å². The number of carbonyl (C=O) groups excluding carboxylic acids is 3. The van der Waals surface area contributed by atoms with Gasteiger partial charge in [0.25, 0.3) is 5.91 Å². The number of likely N-dealkylation sites (N-methyl/N-ethyl adjacent to an activating group) is 1. The molecule has 2 saturated heterocycles. The molecule has 2 fully saturated rings. The van der Waals surface area contributed by atoms with E-state index >= 15 is 0 Å². The first kappa shape index (κ1) is 13.0. The second kappa shape index (κ2) is 5.48.